The van der Waals surface area contributed by atoms with Crippen molar-refractivity contribution >= 4 is 12.0 Å². The number of ether oxygens (including phenoxy) is 2. The van der Waals surface area contributed by atoms with Crippen LogP contribution in [0.2, 0.25) is 0 Å². The average molecular weight is 354 g/mol. The molecular formula is C19H34N2O4. The topological polar surface area (TPSA) is 67.9 Å². The number of alkyl carbamates (subject to hydrolysis) is 1. The van der Waals surface area contributed by atoms with E-state index in [9.17, 15) is 9.59 Å². The molecule has 0 radical (unpaired) electrons. The lowest BCUT2D eigenvalue weighted by Gasteiger charge is -2.34. The predicted molar refractivity (Wildman–Crippen MR) is 96.3 cm³/mol. The fraction of sp³-hybridized carbons (Fsp3) is 0.895. The molecule has 1 aliphatic heterocycles. The molecule has 0 spiro atoms. The second kappa shape index (κ2) is 10.00. The minimum absolute atomic E-state index is 0.0351. The van der Waals surface area contributed by atoms with Gasteiger partial charge in [0.25, 0.3) is 0 Å². The van der Waals surface area contributed by atoms with Gasteiger partial charge >= 0.3 is 6.09 Å². The molecule has 1 unspecified atom stereocenters. The summed E-state index contributed by atoms with van der Waals surface area (Å²) in [6, 6.07) is -0.352. The quantitative estimate of drug-likeness (QED) is 0.763. The van der Waals surface area contributed by atoms with Crippen LogP contribution in [0.25, 0.3) is 0 Å². The summed E-state index contributed by atoms with van der Waals surface area (Å²) in [7, 11) is 1.67. The minimum atomic E-state index is -0.475. The predicted octanol–water partition coefficient (Wildman–Crippen LogP) is 2.95. The number of hydrogen-bond acceptors (Lipinski definition) is 4. The number of nitrogens with zero attached hydrogens (tertiary/aromatic N) is 1. The first-order chi connectivity index (χ1) is 12.0. The molecule has 2 aliphatic rings. The highest BCUT2D eigenvalue weighted by Gasteiger charge is 2.38. The third kappa shape index (κ3) is 5.87. The Morgan fingerprint density at radius 1 is 1.12 bits per heavy atom. The van der Waals surface area contributed by atoms with E-state index in [0.29, 0.717) is 13.2 Å². The van der Waals surface area contributed by atoms with Gasteiger partial charge in [0.05, 0.1) is 19.3 Å². The van der Waals surface area contributed by atoms with Crippen LogP contribution in [0, 0.1) is 11.8 Å². The first-order valence-corrected chi connectivity index (χ1v) is 9.75. The van der Waals surface area contributed by atoms with Gasteiger partial charge in [0.15, 0.2) is 0 Å². The first kappa shape index (κ1) is 20.0. The summed E-state index contributed by atoms with van der Waals surface area (Å²) in [6.45, 7) is 5.67. The van der Waals surface area contributed by atoms with Crippen molar-refractivity contribution < 1.29 is 19.1 Å². The first-order valence-electron chi connectivity index (χ1n) is 9.75. The van der Waals surface area contributed by atoms with Gasteiger partial charge in [-0.3, -0.25) is 4.79 Å². The van der Waals surface area contributed by atoms with Crippen LogP contribution in [-0.2, 0) is 14.3 Å². The van der Waals surface area contributed by atoms with Crippen molar-refractivity contribution in [2.75, 3.05) is 26.9 Å². The van der Waals surface area contributed by atoms with Crippen LogP contribution in [0.5, 0.6) is 0 Å². The van der Waals surface area contributed by atoms with E-state index in [4.69, 9.17) is 9.47 Å². The maximum Gasteiger partial charge on any atom is 0.407 e. The molecule has 6 nitrogen and oxygen atoms in total. The summed E-state index contributed by atoms with van der Waals surface area (Å²) in [5, 5.41) is 2.89. The molecule has 1 aliphatic carbocycles. The maximum absolute atomic E-state index is 13.2. The monoisotopic (exact) mass is 354 g/mol. The van der Waals surface area contributed by atoms with Gasteiger partial charge in [-0.2, -0.15) is 0 Å². The van der Waals surface area contributed by atoms with Gasteiger partial charge in [-0.05, 0) is 37.5 Å². The lowest BCUT2D eigenvalue weighted by atomic mass is 9.83. The summed E-state index contributed by atoms with van der Waals surface area (Å²) in [5.74, 6) is 0.517. The van der Waals surface area contributed by atoms with Gasteiger partial charge in [-0.25, -0.2) is 4.79 Å². The fourth-order valence-corrected chi connectivity index (χ4v) is 3.93. The molecule has 1 saturated heterocycles. The van der Waals surface area contributed by atoms with Crippen molar-refractivity contribution in [2.45, 2.75) is 70.9 Å². The van der Waals surface area contributed by atoms with Crippen LogP contribution < -0.4 is 5.32 Å². The molecule has 2 amide bonds. The van der Waals surface area contributed by atoms with Crippen LogP contribution in [0.15, 0.2) is 0 Å². The Labute approximate surface area is 151 Å². The molecule has 2 fully saturated rings. The summed E-state index contributed by atoms with van der Waals surface area (Å²) >= 11 is 0. The van der Waals surface area contributed by atoms with E-state index < -0.39 is 12.1 Å². The van der Waals surface area contributed by atoms with E-state index in [-0.39, 0.29) is 23.8 Å². The number of methoxy groups -OCH3 is 1. The Balaban J connectivity index is 2.04. The largest absolute Gasteiger partial charge is 0.449 e. The van der Waals surface area contributed by atoms with Gasteiger partial charge in [0, 0.05) is 13.7 Å². The zero-order valence-electron chi connectivity index (χ0n) is 16.0. The van der Waals surface area contributed by atoms with Gasteiger partial charge < -0.3 is 19.7 Å². The Bertz CT molecular complexity index is 435. The number of hydrogen-bond donors (Lipinski definition) is 1. The molecule has 0 bridgehead atoms. The van der Waals surface area contributed by atoms with E-state index in [2.05, 4.69) is 5.32 Å². The van der Waals surface area contributed by atoms with Crippen LogP contribution in [0.1, 0.15) is 58.8 Å². The van der Waals surface area contributed by atoms with Crippen LogP contribution in [0.3, 0.4) is 0 Å². The van der Waals surface area contributed by atoms with E-state index in [1.165, 1.54) is 6.42 Å². The Kier molecular flexibility index (Phi) is 8.00. The van der Waals surface area contributed by atoms with Gasteiger partial charge in [-0.1, -0.05) is 33.1 Å². The third-order valence-corrected chi connectivity index (χ3v) is 5.23. The smallest absolute Gasteiger partial charge is 0.407 e. The molecule has 2 atom stereocenters. The lowest BCUT2D eigenvalue weighted by molar-refractivity contribution is -0.136. The average Bonchev–Trinajstić information content (AvgIpc) is 3.06. The molecule has 1 saturated carbocycles. The van der Waals surface area contributed by atoms with Crippen molar-refractivity contribution in [1.82, 2.24) is 10.2 Å². The number of nitrogens with one attached hydrogen (secondary N) is 1. The van der Waals surface area contributed by atoms with E-state index in [1.54, 1.807) is 7.11 Å². The summed E-state index contributed by atoms with van der Waals surface area (Å²) in [5.41, 5.74) is 0. The number of likely N-dealkylation sites (tertiary alicyclic amines) is 1. The highest BCUT2D eigenvalue weighted by atomic mass is 16.5. The van der Waals surface area contributed by atoms with Gasteiger partial charge in [0.1, 0.15) is 6.04 Å². The fourth-order valence-electron chi connectivity index (χ4n) is 3.93. The standard InChI is InChI=1S/C19H34N2O4/c1-14(2)12-25-19(23)20-17(15-8-5-4-6-9-15)18(22)21-11-7-10-16(21)13-24-3/h14-17H,4-13H2,1-3H3,(H,20,23)/t16-,17?/m0/s1. The van der Waals surface area contributed by atoms with E-state index in [0.717, 1.165) is 45.1 Å². The van der Waals surface area contributed by atoms with Crippen LogP contribution in [-0.4, -0.2) is 55.9 Å². The highest BCUT2D eigenvalue weighted by Crippen LogP contribution is 2.29. The maximum atomic E-state index is 13.2. The Hall–Kier alpha value is -1.30. The van der Waals surface area contributed by atoms with Crippen molar-refractivity contribution in [1.29, 1.82) is 0 Å². The normalized spacial score (nSPS) is 22.9. The third-order valence-electron chi connectivity index (χ3n) is 5.23. The molecular weight excluding hydrogens is 320 g/mol. The molecule has 0 aromatic carbocycles. The number of carbonyl (C=O) groups is 2. The summed E-state index contributed by atoms with van der Waals surface area (Å²) in [4.78, 5) is 27.3. The molecule has 2 rings (SSSR count). The van der Waals surface area contributed by atoms with Crippen LogP contribution in [0.4, 0.5) is 4.79 Å². The zero-order chi connectivity index (χ0) is 18.2. The lowest BCUT2D eigenvalue weighted by Crippen LogP contribution is -2.54. The molecule has 0 aromatic rings. The minimum Gasteiger partial charge on any atom is -0.449 e. The molecule has 0 aromatic heterocycles. The highest BCUT2D eigenvalue weighted by molar-refractivity contribution is 5.86. The van der Waals surface area contributed by atoms with Crippen molar-refractivity contribution in [3.8, 4) is 0 Å². The van der Waals surface area contributed by atoms with E-state index >= 15 is 0 Å². The summed E-state index contributed by atoms with van der Waals surface area (Å²) in [6.07, 6.45) is 6.93. The molecule has 1 N–H and O–H groups in total. The molecule has 144 valence electrons. The van der Waals surface area contributed by atoms with Crippen molar-refractivity contribution in [2.24, 2.45) is 11.8 Å². The zero-order valence-corrected chi connectivity index (χ0v) is 16.0. The summed E-state index contributed by atoms with van der Waals surface area (Å²) < 4.78 is 10.5. The number of amides is 2. The molecule has 1 heterocycles. The second-order valence-electron chi connectivity index (χ2n) is 7.80. The van der Waals surface area contributed by atoms with Crippen molar-refractivity contribution in [3.05, 3.63) is 0 Å². The van der Waals surface area contributed by atoms with Crippen molar-refractivity contribution in [3.63, 3.8) is 0 Å². The van der Waals surface area contributed by atoms with Crippen LogP contribution >= 0.6 is 0 Å². The van der Waals surface area contributed by atoms with Gasteiger partial charge in [-0.15, -0.1) is 0 Å². The van der Waals surface area contributed by atoms with E-state index in [1.807, 2.05) is 18.7 Å². The molecule has 6 heteroatoms. The SMILES string of the molecule is COC[C@@H]1CCCN1C(=O)C(NC(=O)OCC(C)C)C1CCCCC1. The molecule has 25 heavy (non-hydrogen) atoms. The number of carbonyl (C=O) groups excluding carboxylic acids is 2. The number of rotatable bonds is 7. The van der Waals surface area contributed by atoms with Gasteiger partial charge in [0.2, 0.25) is 5.91 Å². The Morgan fingerprint density at radius 3 is 2.48 bits per heavy atom. The second-order valence-corrected chi connectivity index (χ2v) is 7.80. The Morgan fingerprint density at radius 2 is 1.84 bits per heavy atom.